The predicted octanol–water partition coefficient (Wildman–Crippen LogP) is 4.06. The number of hydrogen-bond acceptors (Lipinski definition) is 8. The summed E-state index contributed by atoms with van der Waals surface area (Å²) >= 11 is 0. The summed E-state index contributed by atoms with van der Waals surface area (Å²) in [6.07, 6.45) is 1.22. The van der Waals surface area contributed by atoms with Gasteiger partial charge in [-0.05, 0) is 45.6 Å². The van der Waals surface area contributed by atoms with Gasteiger partial charge in [-0.3, -0.25) is 9.59 Å². The van der Waals surface area contributed by atoms with Gasteiger partial charge in [-0.15, -0.1) is 0 Å². The number of allylic oxidation sites excluding steroid dienone is 3. The molecule has 0 saturated heterocycles. The fourth-order valence-electron chi connectivity index (χ4n) is 4.86. The van der Waals surface area contributed by atoms with Crippen LogP contribution in [0.25, 0.3) is 0 Å². The number of carbonyl (C=O) groups excluding carboxylic acids is 3. The van der Waals surface area contributed by atoms with Crippen LogP contribution in [0.2, 0.25) is 0 Å². The number of carbonyl (C=O) groups is 3. The molecule has 0 saturated carbocycles. The van der Waals surface area contributed by atoms with Gasteiger partial charge in [-0.25, -0.2) is 4.79 Å². The Bertz CT molecular complexity index is 1060. The molecular weight excluding hydrogens is 462 g/mol. The Morgan fingerprint density at radius 2 is 1.86 bits per heavy atom. The molecule has 196 valence electrons. The highest BCUT2D eigenvalue weighted by atomic mass is 16.6. The largest absolute Gasteiger partial charge is 0.491 e. The van der Waals surface area contributed by atoms with Gasteiger partial charge in [0.2, 0.25) is 0 Å². The van der Waals surface area contributed by atoms with Crippen LogP contribution in [0.1, 0.15) is 58.9 Å². The minimum atomic E-state index is -0.950. The van der Waals surface area contributed by atoms with E-state index in [9.17, 15) is 14.4 Å². The number of hydrogen-bond donors (Lipinski definition) is 1. The van der Waals surface area contributed by atoms with Crippen LogP contribution in [0.15, 0.2) is 46.8 Å². The van der Waals surface area contributed by atoms with E-state index in [1.165, 1.54) is 7.11 Å². The molecule has 3 rings (SSSR count). The standard InChI is InChI=1S/C28H37NO7/c1-7-12-34-13-14-35-28(32)23-18(5)29-20-15-17(4)22(27(31)33-6)26(30)25(20)24(23)19-10-8-9-11-21(19)36-16(2)3/h8-11,16-17,22,24,29H,7,12-15H2,1-6H3/t17-,22+,24+/m0/s1. The number of rotatable bonds is 10. The highest BCUT2D eigenvalue weighted by molar-refractivity contribution is 6.12. The number of ether oxygens (including phenoxy) is 4. The molecule has 0 radical (unpaired) electrons. The molecule has 1 aliphatic carbocycles. The third-order valence-electron chi connectivity index (χ3n) is 6.36. The van der Waals surface area contributed by atoms with Gasteiger partial charge in [0.05, 0.1) is 31.3 Å². The van der Waals surface area contributed by atoms with Gasteiger partial charge in [-0.2, -0.15) is 0 Å². The Hall–Kier alpha value is -3.13. The van der Waals surface area contributed by atoms with Crippen LogP contribution in [0.3, 0.4) is 0 Å². The van der Waals surface area contributed by atoms with Crippen LogP contribution < -0.4 is 10.1 Å². The molecule has 0 fully saturated rings. The van der Waals surface area contributed by atoms with E-state index in [0.29, 0.717) is 46.9 Å². The monoisotopic (exact) mass is 499 g/mol. The Morgan fingerprint density at radius 1 is 1.14 bits per heavy atom. The lowest BCUT2D eigenvalue weighted by Gasteiger charge is -2.38. The van der Waals surface area contributed by atoms with E-state index in [0.717, 1.165) is 6.42 Å². The molecule has 0 spiro atoms. The van der Waals surface area contributed by atoms with Gasteiger partial charge in [0, 0.05) is 29.1 Å². The van der Waals surface area contributed by atoms with Crippen LogP contribution in [-0.2, 0) is 28.6 Å². The quantitative estimate of drug-likeness (QED) is 0.292. The van der Waals surface area contributed by atoms with Crippen molar-refractivity contribution >= 4 is 17.7 Å². The summed E-state index contributed by atoms with van der Waals surface area (Å²) < 4.78 is 22.1. The predicted molar refractivity (Wildman–Crippen MR) is 134 cm³/mol. The summed E-state index contributed by atoms with van der Waals surface area (Å²) in [4.78, 5) is 39.9. The van der Waals surface area contributed by atoms with Crippen molar-refractivity contribution in [2.75, 3.05) is 26.9 Å². The second-order valence-electron chi connectivity index (χ2n) is 9.49. The van der Waals surface area contributed by atoms with Crippen molar-refractivity contribution < 1.29 is 33.3 Å². The third kappa shape index (κ3) is 5.81. The lowest BCUT2D eigenvalue weighted by Crippen LogP contribution is -2.43. The zero-order valence-corrected chi connectivity index (χ0v) is 22.0. The Balaban J connectivity index is 2.10. The fourth-order valence-corrected chi connectivity index (χ4v) is 4.86. The molecule has 36 heavy (non-hydrogen) atoms. The second kappa shape index (κ2) is 12.2. The van der Waals surface area contributed by atoms with Crippen molar-refractivity contribution in [3.05, 3.63) is 52.4 Å². The molecule has 1 heterocycles. The van der Waals surface area contributed by atoms with Gasteiger partial charge >= 0.3 is 11.9 Å². The summed E-state index contributed by atoms with van der Waals surface area (Å²) in [5.41, 5.74) is 2.67. The SMILES string of the molecule is CCCOCCOC(=O)C1=C(C)NC2=C(C(=O)[C@H](C(=O)OC)[C@@H](C)C2)[C@@H]1c1ccccc1OC(C)C. The normalized spacial score (nSPS) is 21.8. The van der Waals surface area contributed by atoms with Crippen molar-refractivity contribution in [2.45, 2.75) is 59.5 Å². The van der Waals surface area contributed by atoms with E-state index in [2.05, 4.69) is 5.32 Å². The molecule has 8 nitrogen and oxygen atoms in total. The average molecular weight is 500 g/mol. The first-order valence-corrected chi connectivity index (χ1v) is 12.5. The van der Waals surface area contributed by atoms with Gasteiger partial charge < -0.3 is 24.3 Å². The fraction of sp³-hybridized carbons (Fsp3) is 0.536. The number of Topliss-reactive ketones (excluding diaryl/α,β-unsaturated/α-hetero) is 1. The van der Waals surface area contributed by atoms with Crippen LogP contribution in [0.5, 0.6) is 5.75 Å². The maximum Gasteiger partial charge on any atom is 0.336 e. The van der Waals surface area contributed by atoms with Crippen molar-refractivity contribution in [1.29, 1.82) is 0 Å². The smallest absolute Gasteiger partial charge is 0.336 e. The van der Waals surface area contributed by atoms with E-state index in [1.807, 2.05) is 52.0 Å². The van der Waals surface area contributed by atoms with Crippen LogP contribution in [0.4, 0.5) is 0 Å². The number of esters is 2. The molecule has 1 aromatic carbocycles. The maximum absolute atomic E-state index is 13.9. The van der Waals surface area contributed by atoms with Gasteiger partial charge in [0.25, 0.3) is 0 Å². The first-order valence-electron chi connectivity index (χ1n) is 12.5. The Labute approximate surface area is 213 Å². The molecule has 1 aliphatic heterocycles. The Morgan fingerprint density at radius 3 is 2.53 bits per heavy atom. The Kier molecular flexibility index (Phi) is 9.31. The lowest BCUT2D eigenvalue weighted by molar-refractivity contribution is -0.151. The summed E-state index contributed by atoms with van der Waals surface area (Å²) in [5, 5.41) is 3.27. The van der Waals surface area contributed by atoms with Crippen LogP contribution in [-0.4, -0.2) is 50.8 Å². The van der Waals surface area contributed by atoms with Gasteiger partial charge in [0.1, 0.15) is 18.3 Å². The first-order chi connectivity index (χ1) is 17.2. The summed E-state index contributed by atoms with van der Waals surface area (Å²) in [5.74, 6) is -2.86. The first kappa shape index (κ1) is 27.5. The van der Waals surface area contributed by atoms with Crippen LogP contribution >= 0.6 is 0 Å². The molecule has 0 unspecified atom stereocenters. The molecule has 3 atom stereocenters. The molecule has 1 N–H and O–H groups in total. The van der Waals surface area contributed by atoms with Crippen molar-refractivity contribution in [3.8, 4) is 5.75 Å². The zero-order valence-electron chi connectivity index (χ0n) is 22.0. The highest BCUT2D eigenvalue weighted by Crippen LogP contribution is 2.47. The molecule has 2 aliphatic rings. The van der Waals surface area contributed by atoms with Crippen molar-refractivity contribution in [3.63, 3.8) is 0 Å². The number of para-hydroxylation sites is 1. The maximum atomic E-state index is 13.9. The number of dihydropyridines is 1. The lowest BCUT2D eigenvalue weighted by atomic mass is 9.69. The molecule has 0 bridgehead atoms. The minimum absolute atomic E-state index is 0.0914. The van der Waals surface area contributed by atoms with E-state index < -0.39 is 23.8 Å². The summed E-state index contributed by atoms with van der Waals surface area (Å²) in [6, 6.07) is 7.36. The number of ketones is 1. The van der Waals surface area contributed by atoms with E-state index in [4.69, 9.17) is 18.9 Å². The summed E-state index contributed by atoms with van der Waals surface area (Å²) in [7, 11) is 1.28. The molecule has 8 heteroatoms. The summed E-state index contributed by atoms with van der Waals surface area (Å²) in [6.45, 7) is 10.4. The zero-order chi connectivity index (χ0) is 26.4. The average Bonchev–Trinajstić information content (AvgIpc) is 2.82. The van der Waals surface area contributed by atoms with E-state index in [1.54, 1.807) is 6.92 Å². The van der Waals surface area contributed by atoms with Gasteiger partial charge in [0.15, 0.2) is 5.78 Å². The van der Waals surface area contributed by atoms with Gasteiger partial charge in [-0.1, -0.05) is 32.0 Å². The highest BCUT2D eigenvalue weighted by Gasteiger charge is 2.47. The number of nitrogens with one attached hydrogen (secondary N) is 1. The molecular formula is C28H37NO7. The minimum Gasteiger partial charge on any atom is -0.491 e. The third-order valence-corrected chi connectivity index (χ3v) is 6.36. The molecule has 0 aromatic heterocycles. The number of methoxy groups -OCH3 is 1. The number of benzene rings is 1. The molecule has 1 aromatic rings. The van der Waals surface area contributed by atoms with Crippen molar-refractivity contribution in [2.24, 2.45) is 11.8 Å². The van der Waals surface area contributed by atoms with E-state index in [-0.39, 0.29) is 31.0 Å². The van der Waals surface area contributed by atoms with Crippen molar-refractivity contribution in [1.82, 2.24) is 5.32 Å². The second-order valence-corrected chi connectivity index (χ2v) is 9.49. The molecule has 0 amide bonds. The topological polar surface area (TPSA) is 100 Å². The van der Waals surface area contributed by atoms with Crippen LogP contribution in [0, 0.1) is 11.8 Å². The van der Waals surface area contributed by atoms with E-state index >= 15 is 0 Å².